The van der Waals surface area contributed by atoms with Crippen LogP contribution in [-0.4, -0.2) is 42.6 Å². The summed E-state index contributed by atoms with van der Waals surface area (Å²) in [6.07, 6.45) is 2.69. The van der Waals surface area contributed by atoms with Gasteiger partial charge in [0.15, 0.2) is 0 Å². The van der Waals surface area contributed by atoms with Gasteiger partial charge in [-0.3, -0.25) is 9.69 Å². The van der Waals surface area contributed by atoms with Crippen LogP contribution in [0, 0.1) is 0 Å². The van der Waals surface area contributed by atoms with Crippen molar-refractivity contribution in [2.24, 2.45) is 0 Å². The molecule has 1 aromatic rings. The molecule has 2 saturated heterocycles. The molecule has 1 aromatic carbocycles. The highest BCUT2D eigenvalue weighted by Crippen LogP contribution is 2.16. The lowest BCUT2D eigenvalue weighted by atomic mass is 10.2. The molecule has 2 aliphatic heterocycles. The van der Waals surface area contributed by atoms with E-state index >= 15 is 0 Å². The molecular formula is C16H22N2O2. The molecule has 0 bridgehead atoms. The number of nitrogens with one attached hydrogen (secondary N) is 1. The topological polar surface area (TPSA) is 41.6 Å². The van der Waals surface area contributed by atoms with E-state index in [9.17, 15) is 4.79 Å². The van der Waals surface area contributed by atoms with Gasteiger partial charge in [0.05, 0.1) is 0 Å². The summed E-state index contributed by atoms with van der Waals surface area (Å²) in [5, 5.41) is 3.13. The Morgan fingerprint density at radius 3 is 2.90 bits per heavy atom. The van der Waals surface area contributed by atoms with E-state index in [1.165, 1.54) is 5.56 Å². The lowest BCUT2D eigenvalue weighted by Crippen LogP contribution is -2.42. The third kappa shape index (κ3) is 3.38. The number of likely N-dealkylation sites (tertiary alicyclic amines) is 1. The summed E-state index contributed by atoms with van der Waals surface area (Å²) < 4.78 is 5.42. The van der Waals surface area contributed by atoms with Crippen molar-refractivity contribution in [3.05, 3.63) is 35.9 Å². The maximum absolute atomic E-state index is 12.0. The number of hydrogen-bond donors (Lipinski definition) is 1. The smallest absolute Gasteiger partial charge is 0.249 e. The molecule has 20 heavy (non-hydrogen) atoms. The van der Waals surface area contributed by atoms with Crippen LogP contribution in [0.2, 0.25) is 0 Å². The molecular weight excluding hydrogens is 252 g/mol. The molecule has 108 valence electrons. The van der Waals surface area contributed by atoms with Crippen LogP contribution in [0.1, 0.15) is 24.8 Å². The Balaban J connectivity index is 1.46. The first kappa shape index (κ1) is 13.6. The van der Waals surface area contributed by atoms with Crippen molar-refractivity contribution >= 4 is 5.91 Å². The van der Waals surface area contributed by atoms with Gasteiger partial charge in [0.2, 0.25) is 5.91 Å². The van der Waals surface area contributed by atoms with Crippen molar-refractivity contribution in [1.29, 1.82) is 0 Å². The van der Waals surface area contributed by atoms with Crippen LogP contribution in [-0.2, 0) is 16.1 Å². The molecule has 0 aliphatic carbocycles. The predicted octanol–water partition coefficient (Wildman–Crippen LogP) is 1.56. The number of carbonyl (C=O) groups excluding carboxylic acids is 1. The average Bonchev–Trinajstić information content (AvgIpc) is 3.11. The number of nitrogens with zero attached hydrogens (tertiary/aromatic N) is 1. The average molecular weight is 274 g/mol. The Kier molecular flexibility index (Phi) is 4.33. The van der Waals surface area contributed by atoms with Gasteiger partial charge in [0.1, 0.15) is 6.10 Å². The van der Waals surface area contributed by atoms with Gasteiger partial charge in [0, 0.05) is 32.3 Å². The molecule has 4 heteroatoms. The fourth-order valence-electron chi connectivity index (χ4n) is 3.01. The molecule has 0 aromatic heterocycles. The summed E-state index contributed by atoms with van der Waals surface area (Å²) in [6.45, 7) is 3.68. The molecule has 0 spiro atoms. The number of carbonyl (C=O) groups is 1. The summed E-state index contributed by atoms with van der Waals surface area (Å²) in [6, 6.07) is 10.8. The molecule has 2 atom stereocenters. The Morgan fingerprint density at radius 2 is 2.15 bits per heavy atom. The summed E-state index contributed by atoms with van der Waals surface area (Å²) >= 11 is 0. The van der Waals surface area contributed by atoms with Gasteiger partial charge in [-0.05, 0) is 24.8 Å². The molecule has 2 aliphatic rings. The number of hydrogen-bond acceptors (Lipinski definition) is 3. The first-order valence-electron chi connectivity index (χ1n) is 7.49. The monoisotopic (exact) mass is 274 g/mol. The van der Waals surface area contributed by atoms with Gasteiger partial charge in [-0.25, -0.2) is 0 Å². The van der Waals surface area contributed by atoms with E-state index in [1.807, 2.05) is 6.07 Å². The predicted molar refractivity (Wildman–Crippen MR) is 77.2 cm³/mol. The number of amides is 1. The standard InChI is InChI=1S/C16H22N2O2/c19-16(15-7-4-10-20-15)17-14-8-9-18(12-14)11-13-5-2-1-3-6-13/h1-3,5-6,14-15H,4,7-12H2,(H,17,19). The molecule has 1 N–H and O–H groups in total. The summed E-state index contributed by atoms with van der Waals surface area (Å²) in [4.78, 5) is 14.4. The van der Waals surface area contributed by atoms with Gasteiger partial charge in [0.25, 0.3) is 0 Å². The zero-order valence-electron chi connectivity index (χ0n) is 11.8. The highest BCUT2D eigenvalue weighted by molar-refractivity contribution is 5.81. The van der Waals surface area contributed by atoms with Crippen LogP contribution in [0.25, 0.3) is 0 Å². The van der Waals surface area contributed by atoms with E-state index in [0.29, 0.717) is 0 Å². The highest BCUT2D eigenvalue weighted by atomic mass is 16.5. The summed E-state index contributed by atoms with van der Waals surface area (Å²) in [7, 11) is 0. The minimum absolute atomic E-state index is 0.0778. The maximum atomic E-state index is 12.0. The first-order chi connectivity index (χ1) is 9.81. The van der Waals surface area contributed by atoms with Crippen molar-refractivity contribution in [3.8, 4) is 0 Å². The highest BCUT2D eigenvalue weighted by Gasteiger charge is 2.28. The van der Waals surface area contributed by atoms with E-state index in [2.05, 4.69) is 34.5 Å². The van der Waals surface area contributed by atoms with Gasteiger partial charge >= 0.3 is 0 Å². The van der Waals surface area contributed by atoms with E-state index in [-0.39, 0.29) is 18.1 Å². The minimum Gasteiger partial charge on any atom is -0.368 e. The fraction of sp³-hybridized carbons (Fsp3) is 0.562. The molecule has 3 rings (SSSR count). The van der Waals surface area contributed by atoms with Crippen LogP contribution in [0.3, 0.4) is 0 Å². The Bertz CT molecular complexity index is 443. The van der Waals surface area contributed by atoms with Crippen molar-refractivity contribution < 1.29 is 9.53 Å². The third-order valence-electron chi connectivity index (χ3n) is 4.09. The van der Waals surface area contributed by atoms with E-state index in [4.69, 9.17) is 4.74 Å². The van der Waals surface area contributed by atoms with Crippen molar-refractivity contribution in [1.82, 2.24) is 10.2 Å². The largest absolute Gasteiger partial charge is 0.368 e. The second-order valence-electron chi connectivity index (χ2n) is 5.72. The lowest BCUT2D eigenvalue weighted by molar-refractivity contribution is -0.130. The zero-order valence-corrected chi connectivity index (χ0v) is 11.8. The van der Waals surface area contributed by atoms with Gasteiger partial charge in [-0.2, -0.15) is 0 Å². The van der Waals surface area contributed by atoms with Crippen molar-refractivity contribution in [2.45, 2.75) is 38.0 Å². The van der Waals surface area contributed by atoms with Crippen molar-refractivity contribution in [2.75, 3.05) is 19.7 Å². The van der Waals surface area contributed by atoms with E-state index < -0.39 is 0 Å². The Morgan fingerprint density at radius 1 is 1.30 bits per heavy atom. The number of benzene rings is 1. The molecule has 2 heterocycles. The van der Waals surface area contributed by atoms with E-state index in [1.54, 1.807) is 0 Å². The lowest BCUT2D eigenvalue weighted by Gasteiger charge is -2.18. The normalized spacial score (nSPS) is 26.8. The van der Waals surface area contributed by atoms with Gasteiger partial charge in [-0.1, -0.05) is 30.3 Å². The minimum atomic E-state index is -0.210. The molecule has 0 radical (unpaired) electrons. The molecule has 2 unspecified atom stereocenters. The fourth-order valence-corrected chi connectivity index (χ4v) is 3.01. The Labute approximate surface area is 120 Å². The van der Waals surface area contributed by atoms with Gasteiger partial charge < -0.3 is 10.1 Å². The molecule has 0 saturated carbocycles. The second-order valence-corrected chi connectivity index (χ2v) is 5.72. The molecule has 2 fully saturated rings. The molecule has 4 nitrogen and oxygen atoms in total. The maximum Gasteiger partial charge on any atom is 0.249 e. The van der Waals surface area contributed by atoms with Crippen LogP contribution >= 0.6 is 0 Å². The first-order valence-corrected chi connectivity index (χ1v) is 7.49. The van der Waals surface area contributed by atoms with Gasteiger partial charge in [-0.15, -0.1) is 0 Å². The van der Waals surface area contributed by atoms with Crippen LogP contribution in [0.15, 0.2) is 30.3 Å². The second kappa shape index (κ2) is 6.37. The SMILES string of the molecule is O=C(NC1CCN(Cc2ccccc2)C1)C1CCCO1. The summed E-state index contributed by atoms with van der Waals surface area (Å²) in [5.41, 5.74) is 1.33. The van der Waals surface area contributed by atoms with Crippen molar-refractivity contribution in [3.63, 3.8) is 0 Å². The zero-order chi connectivity index (χ0) is 13.8. The quantitative estimate of drug-likeness (QED) is 0.906. The number of ether oxygens (including phenoxy) is 1. The third-order valence-corrected chi connectivity index (χ3v) is 4.09. The summed E-state index contributed by atoms with van der Waals surface area (Å²) in [5.74, 6) is 0.0778. The van der Waals surface area contributed by atoms with Crippen LogP contribution in [0.4, 0.5) is 0 Å². The Hall–Kier alpha value is -1.39. The molecule has 1 amide bonds. The van der Waals surface area contributed by atoms with E-state index in [0.717, 1.165) is 45.5 Å². The van der Waals surface area contributed by atoms with Crippen LogP contribution in [0.5, 0.6) is 0 Å². The van der Waals surface area contributed by atoms with Crippen LogP contribution < -0.4 is 5.32 Å². The number of rotatable bonds is 4.